The number of aliphatic carboxylic acids is 2. The molecule has 8 heteroatoms. The molecule has 0 aliphatic rings. The molecular formula is C21H40O8. The summed E-state index contributed by atoms with van der Waals surface area (Å²) in [4.78, 5) is 31.4. The van der Waals surface area contributed by atoms with Crippen LogP contribution in [0.3, 0.4) is 0 Å². The maximum atomic E-state index is 11.1. The molecule has 1 atom stereocenters. The van der Waals surface area contributed by atoms with E-state index in [-0.39, 0.29) is 32.0 Å². The van der Waals surface area contributed by atoms with E-state index in [1.807, 2.05) is 0 Å². The molecule has 0 aromatic rings. The van der Waals surface area contributed by atoms with E-state index in [0.29, 0.717) is 6.42 Å². The molecule has 0 bridgehead atoms. The molecule has 0 aliphatic carbocycles. The highest BCUT2D eigenvalue weighted by atomic mass is 16.5. The van der Waals surface area contributed by atoms with Crippen molar-refractivity contribution >= 4 is 17.9 Å². The predicted molar refractivity (Wildman–Crippen MR) is 110 cm³/mol. The molecule has 0 fully saturated rings. The Morgan fingerprint density at radius 1 is 0.724 bits per heavy atom. The fourth-order valence-electron chi connectivity index (χ4n) is 2.45. The van der Waals surface area contributed by atoms with Crippen molar-refractivity contribution in [3.05, 3.63) is 0 Å². The van der Waals surface area contributed by atoms with Crippen LogP contribution in [0.15, 0.2) is 0 Å². The SMILES string of the molecule is CCCCCCCC(=O)OCC(O)CO.O=C(O)CCCCCCCCC(=O)O. The monoisotopic (exact) mass is 420 g/mol. The number of carbonyl (C=O) groups is 3. The summed E-state index contributed by atoms with van der Waals surface area (Å²) in [5.74, 6) is -1.77. The van der Waals surface area contributed by atoms with Gasteiger partial charge >= 0.3 is 17.9 Å². The summed E-state index contributed by atoms with van der Waals surface area (Å²) in [6, 6.07) is 0. The fraction of sp³-hybridized carbons (Fsp3) is 0.857. The molecule has 0 radical (unpaired) electrons. The van der Waals surface area contributed by atoms with Gasteiger partial charge in [0.25, 0.3) is 0 Å². The molecule has 0 rings (SSSR count). The molecule has 0 aromatic carbocycles. The van der Waals surface area contributed by atoms with Crippen LogP contribution in [0.5, 0.6) is 0 Å². The van der Waals surface area contributed by atoms with Crippen LogP contribution in [0, 0.1) is 0 Å². The van der Waals surface area contributed by atoms with Crippen LogP contribution in [0.1, 0.15) is 96.8 Å². The first-order chi connectivity index (χ1) is 13.8. The van der Waals surface area contributed by atoms with Crippen molar-refractivity contribution in [1.29, 1.82) is 0 Å². The molecule has 0 aromatic heterocycles. The van der Waals surface area contributed by atoms with Crippen molar-refractivity contribution in [3.63, 3.8) is 0 Å². The van der Waals surface area contributed by atoms with E-state index in [0.717, 1.165) is 57.8 Å². The molecule has 0 heterocycles. The van der Waals surface area contributed by atoms with E-state index in [1.165, 1.54) is 12.8 Å². The first kappa shape index (κ1) is 29.5. The average Bonchev–Trinajstić information content (AvgIpc) is 2.68. The fourth-order valence-corrected chi connectivity index (χ4v) is 2.45. The first-order valence-electron chi connectivity index (χ1n) is 10.7. The van der Waals surface area contributed by atoms with Gasteiger partial charge in [0.05, 0.1) is 6.61 Å². The molecule has 8 nitrogen and oxygen atoms in total. The van der Waals surface area contributed by atoms with Crippen LogP contribution in [0.4, 0.5) is 0 Å². The number of esters is 1. The zero-order valence-corrected chi connectivity index (χ0v) is 17.8. The zero-order chi connectivity index (χ0) is 22.3. The van der Waals surface area contributed by atoms with Crippen molar-refractivity contribution < 1.29 is 39.5 Å². The van der Waals surface area contributed by atoms with Gasteiger partial charge in [0.1, 0.15) is 12.7 Å². The number of carboxylic acid groups (broad SMARTS) is 2. The molecule has 0 aliphatic heterocycles. The Labute approximate surface area is 174 Å². The standard InChI is InChI=1S/C11H22O4.C10H18O4/c1-2-3-4-5-6-7-11(14)15-9-10(13)8-12;11-9(12)7-5-3-1-2-4-6-8-10(13)14/h10,12-13H,2-9H2,1H3;1-8H2,(H,11,12)(H,13,14). The molecule has 0 spiro atoms. The summed E-state index contributed by atoms with van der Waals surface area (Å²) in [6.45, 7) is 1.67. The molecular weight excluding hydrogens is 380 g/mol. The van der Waals surface area contributed by atoms with Crippen LogP contribution < -0.4 is 0 Å². The lowest BCUT2D eigenvalue weighted by Crippen LogP contribution is -2.21. The van der Waals surface area contributed by atoms with E-state index in [1.54, 1.807) is 0 Å². The Bertz CT molecular complexity index is 391. The van der Waals surface area contributed by atoms with Crippen LogP contribution >= 0.6 is 0 Å². The zero-order valence-electron chi connectivity index (χ0n) is 17.8. The van der Waals surface area contributed by atoms with E-state index in [9.17, 15) is 14.4 Å². The van der Waals surface area contributed by atoms with E-state index >= 15 is 0 Å². The van der Waals surface area contributed by atoms with Crippen molar-refractivity contribution in [2.24, 2.45) is 0 Å². The third-order valence-corrected chi connectivity index (χ3v) is 4.16. The molecule has 1 unspecified atom stereocenters. The Balaban J connectivity index is 0. The highest BCUT2D eigenvalue weighted by Gasteiger charge is 2.07. The van der Waals surface area contributed by atoms with E-state index in [2.05, 4.69) is 6.92 Å². The van der Waals surface area contributed by atoms with Gasteiger partial charge in [0, 0.05) is 19.3 Å². The van der Waals surface area contributed by atoms with Crippen LogP contribution in [0.2, 0.25) is 0 Å². The van der Waals surface area contributed by atoms with Crippen LogP contribution in [-0.2, 0) is 19.1 Å². The van der Waals surface area contributed by atoms with Crippen molar-refractivity contribution in [1.82, 2.24) is 0 Å². The molecule has 0 saturated carbocycles. The number of hydrogen-bond donors (Lipinski definition) is 4. The van der Waals surface area contributed by atoms with Gasteiger partial charge in [-0.2, -0.15) is 0 Å². The van der Waals surface area contributed by atoms with Crippen molar-refractivity contribution in [2.75, 3.05) is 13.2 Å². The maximum absolute atomic E-state index is 11.1. The number of rotatable bonds is 18. The lowest BCUT2D eigenvalue weighted by Gasteiger charge is -2.08. The average molecular weight is 421 g/mol. The second-order valence-electron chi connectivity index (χ2n) is 7.09. The molecule has 172 valence electrons. The van der Waals surface area contributed by atoms with Gasteiger partial charge in [0.2, 0.25) is 0 Å². The van der Waals surface area contributed by atoms with E-state index in [4.69, 9.17) is 25.2 Å². The number of ether oxygens (including phenoxy) is 1. The summed E-state index contributed by atoms with van der Waals surface area (Å²) >= 11 is 0. The Kier molecular flexibility index (Phi) is 23.0. The van der Waals surface area contributed by atoms with E-state index < -0.39 is 18.0 Å². The normalized spacial score (nSPS) is 11.3. The van der Waals surface area contributed by atoms with Gasteiger partial charge in [-0.3, -0.25) is 14.4 Å². The number of aliphatic hydroxyl groups is 2. The second kappa shape index (κ2) is 22.6. The van der Waals surface area contributed by atoms with Crippen molar-refractivity contribution in [2.45, 2.75) is 103 Å². The Hall–Kier alpha value is -1.67. The minimum atomic E-state index is -0.950. The summed E-state index contributed by atoms with van der Waals surface area (Å²) in [6.07, 6.45) is 10.7. The summed E-state index contributed by atoms with van der Waals surface area (Å²) in [7, 11) is 0. The molecule has 29 heavy (non-hydrogen) atoms. The van der Waals surface area contributed by atoms with Gasteiger partial charge in [-0.15, -0.1) is 0 Å². The third-order valence-electron chi connectivity index (χ3n) is 4.16. The number of carboxylic acids is 2. The van der Waals surface area contributed by atoms with Gasteiger partial charge in [0.15, 0.2) is 0 Å². The van der Waals surface area contributed by atoms with Crippen LogP contribution in [-0.4, -0.2) is 57.7 Å². The minimum Gasteiger partial charge on any atom is -0.481 e. The predicted octanol–water partition coefficient (Wildman–Crippen LogP) is 3.52. The highest BCUT2D eigenvalue weighted by Crippen LogP contribution is 2.08. The lowest BCUT2D eigenvalue weighted by molar-refractivity contribution is -0.147. The highest BCUT2D eigenvalue weighted by molar-refractivity contribution is 5.69. The number of aliphatic hydroxyl groups excluding tert-OH is 2. The molecule has 4 N–H and O–H groups in total. The third kappa shape index (κ3) is 28.6. The Morgan fingerprint density at radius 3 is 1.55 bits per heavy atom. The minimum absolute atomic E-state index is 0.107. The van der Waals surface area contributed by atoms with Gasteiger partial charge in [-0.1, -0.05) is 58.3 Å². The molecule has 0 amide bonds. The number of hydrogen-bond acceptors (Lipinski definition) is 6. The summed E-state index contributed by atoms with van der Waals surface area (Å²) in [5.41, 5.74) is 0. The lowest BCUT2D eigenvalue weighted by atomic mass is 10.1. The number of unbranched alkanes of at least 4 members (excludes halogenated alkanes) is 9. The van der Waals surface area contributed by atoms with Crippen LogP contribution in [0.25, 0.3) is 0 Å². The topological polar surface area (TPSA) is 141 Å². The number of carbonyl (C=O) groups excluding carboxylic acids is 1. The second-order valence-corrected chi connectivity index (χ2v) is 7.09. The molecule has 0 saturated heterocycles. The summed E-state index contributed by atoms with van der Waals surface area (Å²) < 4.78 is 4.75. The van der Waals surface area contributed by atoms with Gasteiger partial charge in [-0.25, -0.2) is 0 Å². The van der Waals surface area contributed by atoms with Gasteiger partial charge in [-0.05, 0) is 19.3 Å². The largest absolute Gasteiger partial charge is 0.481 e. The maximum Gasteiger partial charge on any atom is 0.305 e. The van der Waals surface area contributed by atoms with Gasteiger partial charge < -0.3 is 25.2 Å². The first-order valence-corrected chi connectivity index (χ1v) is 10.7. The quantitative estimate of drug-likeness (QED) is 0.195. The van der Waals surface area contributed by atoms with Crippen molar-refractivity contribution in [3.8, 4) is 0 Å². The smallest absolute Gasteiger partial charge is 0.305 e. The Morgan fingerprint density at radius 2 is 1.14 bits per heavy atom. The summed E-state index contributed by atoms with van der Waals surface area (Å²) in [5, 5.41) is 34.1.